The number of nitrogens with zero attached hydrogens (tertiary/aromatic N) is 1. The molecule has 7 heteroatoms. The number of sulfonamides is 1. The van der Waals surface area contributed by atoms with Gasteiger partial charge in [-0.3, -0.25) is 4.79 Å². The fraction of sp³-hybridized carbons (Fsp3) is 0.353. The highest BCUT2D eigenvalue weighted by Gasteiger charge is 2.27. The molecule has 0 aliphatic carbocycles. The first kappa shape index (κ1) is 16.7. The lowest BCUT2D eigenvalue weighted by atomic mass is 10.1. The molecule has 2 heterocycles. The zero-order chi connectivity index (χ0) is 17.2. The van der Waals surface area contributed by atoms with E-state index in [0.29, 0.717) is 31.7 Å². The van der Waals surface area contributed by atoms with Gasteiger partial charge in [-0.15, -0.1) is 0 Å². The van der Waals surface area contributed by atoms with Crippen molar-refractivity contribution in [2.45, 2.75) is 30.7 Å². The van der Waals surface area contributed by atoms with Crippen molar-refractivity contribution in [1.82, 2.24) is 9.62 Å². The fourth-order valence-electron chi connectivity index (χ4n) is 2.76. The first-order valence-electron chi connectivity index (χ1n) is 7.87. The number of piperidine rings is 1. The number of furan rings is 1. The number of rotatable bonds is 4. The third-order valence-electron chi connectivity index (χ3n) is 4.17. The highest BCUT2D eigenvalue weighted by molar-refractivity contribution is 7.89. The van der Waals surface area contributed by atoms with E-state index in [1.165, 1.54) is 6.26 Å². The van der Waals surface area contributed by atoms with Gasteiger partial charge in [0.15, 0.2) is 5.76 Å². The van der Waals surface area contributed by atoms with Gasteiger partial charge in [-0.2, -0.15) is 0 Å². The van der Waals surface area contributed by atoms with Gasteiger partial charge < -0.3 is 9.32 Å². The Hall–Kier alpha value is -2.12. The summed E-state index contributed by atoms with van der Waals surface area (Å²) in [5.41, 5.74) is 1.01. The smallest absolute Gasteiger partial charge is 0.289 e. The Kier molecular flexibility index (Phi) is 4.73. The highest BCUT2D eigenvalue weighted by atomic mass is 32.2. The van der Waals surface area contributed by atoms with Gasteiger partial charge in [0.25, 0.3) is 5.91 Å². The van der Waals surface area contributed by atoms with Crippen LogP contribution in [-0.4, -0.2) is 38.4 Å². The van der Waals surface area contributed by atoms with Gasteiger partial charge in [0.05, 0.1) is 11.2 Å². The quantitative estimate of drug-likeness (QED) is 0.918. The molecule has 128 valence electrons. The van der Waals surface area contributed by atoms with Gasteiger partial charge in [-0.1, -0.05) is 17.7 Å². The van der Waals surface area contributed by atoms with Gasteiger partial charge in [0.1, 0.15) is 0 Å². The molecule has 6 nitrogen and oxygen atoms in total. The van der Waals surface area contributed by atoms with Gasteiger partial charge in [-0.05, 0) is 44.0 Å². The second-order valence-corrected chi connectivity index (χ2v) is 7.69. The number of amides is 1. The maximum Gasteiger partial charge on any atom is 0.289 e. The molecule has 1 aromatic carbocycles. The van der Waals surface area contributed by atoms with Crippen LogP contribution in [0.5, 0.6) is 0 Å². The maximum absolute atomic E-state index is 12.4. The van der Waals surface area contributed by atoms with Crippen LogP contribution in [0.4, 0.5) is 0 Å². The van der Waals surface area contributed by atoms with Gasteiger partial charge >= 0.3 is 0 Å². The van der Waals surface area contributed by atoms with Crippen LogP contribution in [0, 0.1) is 6.92 Å². The van der Waals surface area contributed by atoms with Crippen LogP contribution in [0.3, 0.4) is 0 Å². The van der Waals surface area contributed by atoms with E-state index in [-0.39, 0.29) is 16.8 Å². The van der Waals surface area contributed by atoms with Gasteiger partial charge in [0.2, 0.25) is 10.0 Å². The molecule has 0 radical (unpaired) electrons. The van der Waals surface area contributed by atoms with Crippen molar-refractivity contribution < 1.29 is 17.6 Å². The van der Waals surface area contributed by atoms with Crippen LogP contribution in [0.15, 0.2) is 52.0 Å². The van der Waals surface area contributed by atoms with Crippen LogP contribution in [0.1, 0.15) is 29.0 Å². The molecule has 0 spiro atoms. The van der Waals surface area contributed by atoms with Gasteiger partial charge in [-0.25, -0.2) is 13.1 Å². The summed E-state index contributed by atoms with van der Waals surface area (Å²) in [7, 11) is -3.53. The molecule has 0 saturated carbocycles. The standard InChI is InChI=1S/C17H20N2O4S/c1-13-4-6-15(7-5-13)24(21,22)18-14-8-10-19(11-9-14)17(20)16-3-2-12-23-16/h2-7,12,14,18H,8-11H2,1H3. The summed E-state index contributed by atoms with van der Waals surface area (Å²) < 4.78 is 32.7. The molecule has 24 heavy (non-hydrogen) atoms. The van der Waals surface area contributed by atoms with Crippen LogP contribution in [0.25, 0.3) is 0 Å². The molecule has 0 unspecified atom stereocenters. The molecule has 1 N–H and O–H groups in total. The average molecular weight is 348 g/mol. The molecule has 1 aliphatic rings. The topological polar surface area (TPSA) is 79.6 Å². The van der Waals surface area contributed by atoms with Crippen molar-refractivity contribution in [3.05, 3.63) is 54.0 Å². The maximum atomic E-state index is 12.4. The largest absolute Gasteiger partial charge is 0.459 e. The number of hydrogen-bond donors (Lipinski definition) is 1. The molecule has 1 aliphatic heterocycles. The minimum Gasteiger partial charge on any atom is -0.459 e. The number of nitrogens with one attached hydrogen (secondary N) is 1. The lowest BCUT2D eigenvalue weighted by molar-refractivity contribution is 0.0679. The van der Waals surface area contributed by atoms with Crippen LogP contribution in [0.2, 0.25) is 0 Å². The number of carbonyl (C=O) groups is 1. The highest BCUT2D eigenvalue weighted by Crippen LogP contribution is 2.17. The molecule has 1 fully saturated rings. The van der Waals surface area contributed by atoms with Crippen molar-refractivity contribution in [3.8, 4) is 0 Å². The molecular formula is C17H20N2O4S. The first-order valence-corrected chi connectivity index (χ1v) is 9.36. The van der Waals surface area contributed by atoms with E-state index < -0.39 is 10.0 Å². The van der Waals surface area contributed by atoms with Crippen molar-refractivity contribution in [1.29, 1.82) is 0 Å². The van der Waals surface area contributed by atoms with E-state index in [0.717, 1.165) is 5.56 Å². The van der Waals surface area contributed by atoms with Crippen molar-refractivity contribution in [2.24, 2.45) is 0 Å². The second kappa shape index (κ2) is 6.78. The van der Waals surface area contributed by atoms with E-state index in [4.69, 9.17) is 4.42 Å². The van der Waals surface area contributed by atoms with Crippen LogP contribution in [-0.2, 0) is 10.0 Å². The minimum absolute atomic E-state index is 0.153. The summed E-state index contributed by atoms with van der Waals surface area (Å²) in [6.45, 7) is 2.91. The zero-order valence-electron chi connectivity index (χ0n) is 13.4. The number of carbonyl (C=O) groups excluding carboxylic acids is 1. The van der Waals surface area contributed by atoms with E-state index in [1.54, 1.807) is 41.3 Å². The third-order valence-corrected chi connectivity index (χ3v) is 5.70. The molecule has 2 aromatic rings. The minimum atomic E-state index is -3.53. The van der Waals surface area contributed by atoms with E-state index >= 15 is 0 Å². The Labute approximate surface area is 141 Å². The summed E-state index contributed by atoms with van der Waals surface area (Å²) in [5, 5.41) is 0. The molecule has 1 aromatic heterocycles. The molecule has 1 saturated heterocycles. The Balaban J connectivity index is 1.59. The summed E-state index contributed by atoms with van der Waals surface area (Å²) in [4.78, 5) is 14.2. The Morgan fingerprint density at radius 3 is 2.42 bits per heavy atom. The Bertz CT molecular complexity index is 790. The summed E-state index contributed by atoms with van der Waals surface area (Å²) in [5.74, 6) is 0.161. The van der Waals surface area contributed by atoms with Crippen molar-refractivity contribution in [2.75, 3.05) is 13.1 Å². The van der Waals surface area contributed by atoms with Crippen LogP contribution >= 0.6 is 0 Å². The molecule has 3 rings (SSSR count). The Morgan fingerprint density at radius 1 is 1.17 bits per heavy atom. The predicted molar refractivity (Wildman–Crippen MR) is 89.1 cm³/mol. The van der Waals surface area contributed by atoms with Crippen molar-refractivity contribution >= 4 is 15.9 Å². The first-order chi connectivity index (χ1) is 11.5. The normalized spacial score (nSPS) is 16.3. The van der Waals surface area contributed by atoms with Crippen molar-refractivity contribution in [3.63, 3.8) is 0 Å². The number of likely N-dealkylation sites (tertiary alicyclic amines) is 1. The molecule has 0 atom stereocenters. The summed E-state index contributed by atoms with van der Waals surface area (Å²) >= 11 is 0. The molecule has 1 amide bonds. The van der Waals surface area contributed by atoms with Crippen LogP contribution < -0.4 is 4.72 Å². The second-order valence-electron chi connectivity index (χ2n) is 5.98. The fourth-order valence-corrected chi connectivity index (χ4v) is 4.07. The zero-order valence-corrected chi connectivity index (χ0v) is 14.3. The molecular weight excluding hydrogens is 328 g/mol. The van der Waals surface area contributed by atoms with E-state index in [9.17, 15) is 13.2 Å². The number of hydrogen-bond acceptors (Lipinski definition) is 4. The summed E-state index contributed by atoms with van der Waals surface area (Å²) in [6, 6.07) is 9.90. The summed E-state index contributed by atoms with van der Waals surface area (Å²) in [6.07, 6.45) is 2.63. The third kappa shape index (κ3) is 3.68. The Morgan fingerprint density at radius 2 is 1.83 bits per heavy atom. The van der Waals surface area contributed by atoms with E-state index in [1.807, 2.05) is 6.92 Å². The lowest BCUT2D eigenvalue weighted by Gasteiger charge is -2.31. The number of aryl methyl sites for hydroxylation is 1. The average Bonchev–Trinajstić information content (AvgIpc) is 3.09. The van der Waals surface area contributed by atoms with Gasteiger partial charge in [0, 0.05) is 19.1 Å². The monoisotopic (exact) mass is 348 g/mol. The SMILES string of the molecule is Cc1ccc(S(=O)(=O)NC2CCN(C(=O)c3ccco3)CC2)cc1. The number of benzene rings is 1. The van der Waals surface area contributed by atoms with E-state index in [2.05, 4.69) is 4.72 Å². The lowest BCUT2D eigenvalue weighted by Crippen LogP contribution is -2.46. The molecule has 0 bridgehead atoms. The predicted octanol–water partition coefficient (Wildman–Crippen LogP) is 2.17.